The van der Waals surface area contributed by atoms with Crippen molar-refractivity contribution >= 4 is 58.7 Å². The summed E-state index contributed by atoms with van der Waals surface area (Å²) in [5, 5.41) is 3.03. The van der Waals surface area contributed by atoms with Crippen molar-refractivity contribution in [2.75, 3.05) is 0 Å². The van der Waals surface area contributed by atoms with Gasteiger partial charge in [-0.1, -0.05) is 109 Å². The van der Waals surface area contributed by atoms with Gasteiger partial charge in [0.15, 0.2) is 0 Å². The number of benzene rings is 4. The van der Waals surface area contributed by atoms with Crippen LogP contribution < -0.4 is 10.4 Å². The molecule has 0 heterocycles. The van der Waals surface area contributed by atoms with Crippen LogP contribution in [-0.2, 0) is 18.7 Å². The van der Waals surface area contributed by atoms with Gasteiger partial charge in [0.25, 0.3) is 0 Å². The molecule has 0 aliphatic rings. The van der Waals surface area contributed by atoms with Crippen molar-refractivity contribution < 1.29 is 25.2 Å². The van der Waals surface area contributed by atoms with Crippen LogP contribution in [0.25, 0.3) is 11.1 Å². The fraction of sp³-hybridized carbons (Fsp3) is 0.200. The van der Waals surface area contributed by atoms with Gasteiger partial charge in [-0.15, -0.1) is 0 Å². The van der Waals surface area contributed by atoms with Crippen molar-refractivity contribution in [3.8, 4) is 11.1 Å². The summed E-state index contributed by atoms with van der Waals surface area (Å²) in [6.45, 7) is 12.1. The van der Waals surface area contributed by atoms with Gasteiger partial charge in [-0.3, -0.25) is 0 Å². The molecular weight excluding hydrogens is 626 g/mol. The zero-order valence-corrected chi connectivity index (χ0v) is 28.3. The van der Waals surface area contributed by atoms with Gasteiger partial charge in [0.2, 0.25) is 0 Å². The number of rotatable bonds is 7. The van der Waals surface area contributed by atoms with E-state index in [1.165, 1.54) is 36.9 Å². The molecule has 0 saturated carbocycles. The molecule has 0 saturated heterocycles. The molecule has 4 aromatic rings. The van der Waals surface area contributed by atoms with E-state index < -0.39 is 24.0 Å². The average molecular weight is 661 g/mol. The van der Waals surface area contributed by atoms with Gasteiger partial charge in [0.1, 0.15) is 4.90 Å². The molecule has 0 fully saturated rings. The summed E-state index contributed by atoms with van der Waals surface area (Å²) in [7, 11) is -13.5. The third kappa shape index (κ3) is 12.4. The first-order chi connectivity index (χ1) is 18.5. The second-order valence-electron chi connectivity index (χ2n) is 11.7. The first-order valence-electron chi connectivity index (χ1n) is 12.9. The van der Waals surface area contributed by atoms with Crippen LogP contribution in [0.2, 0.25) is 32.7 Å². The van der Waals surface area contributed by atoms with Gasteiger partial charge >= 0.3 is 33.0 Å². The van der Waals surface area contributed by atoms with Crippen LogP contribution in [0.5, 0.6) is 0 Å². The standard InChI is InChI=1S/C30H34S2Si2.F6P/c1-33(2,3)29-20-16-28(17-21-29)32-27-14-6-23(7-15-27)22-34(4,5)30-18-10-25(11-19-30)24-8-12-26(31)13-9-24;1-7(2,3,4,5)6/h6-21,31H,22H2,1-5H3;/q;-1/p+1. The quantitative estimate of drug-likeness (QED) is 0.0823. The van der Waals surface area contributed by atoms with E-state index in [1.807, 2.05) is 11.8 Å². The molecule has 0 aliphatic carbocycles. The van der Waals surface area contributed by atoms with Gasteiger partial charge in [-0.25, -0.2) is 0 Å². The Morgan fingerprint density at radius 2 is 0.927 bits per heavy atom. The number of halogens is 6. The molecule has 0 atom stereocenters. The molecule has 0 nitrogen and oxygen atoms in total. The molecule has 11 heteroatoms. The van der Waals surface area contributed by atoms with Crippen molar-refractivity contribution in [1.29, 1.82) is 0 Å². The summed E-state index contributed by atoms with van der Waals surface area (Å²) in [5.74, 6) is 0. The minimum absolute atomic E-state index is 1.11. The zero-order chi connectivity index (χ0) is 30.8. The van der Waals surface area contributed by atoms with Crippen molar-refractivity contribution in [2.45, 2.75) is 53.5 Å². The number of hydrogen-bond donors (Lipinski definition) is 0. The molecular formula is C30H35F6PS2Si2. The summed E-state index contributed by atoms with van der Waals surface area (Å²) in [6, 6.07) is 37.3. The normalized spacial score (nSPS) is 14.0. The predicted molar refractivity (Wildman–Crippen MR) is 175 cm³/mol. The first kappa shape index (κ1) is 33.5. The van der Waals surface area contributed by atoms with Crippen LogP contribution in [0.15, 0.2) is 112 Å². The van der Waals surface area contributed by atoms with E-state index in [2.05, 4.69) is 142 Å². The Balaban J connectivity index is 0.000000587. The summed E-state index contributed by atoms with van der Waals surface area (Å²) < 4.78 is 59.2. The van der Waals surface area contributed by atoms with E-state index in [1.54, 1.807) is 0 Å². The van der Waals surface area contributed by atoms with Gasteiger partial charge < -0.3 is 0 Å². The summed E-state index contributed by atoms with van der Waals surface area (Å²) in [4.78, 5) is 3.73. The zero-order valence-electron chi connectivity index (χ0n) is 23.6. The third-order valence-electron chi connectivity index (χ3n) is 6.41. The van der Waals surface area contributed by atoms with E-state index in [-0.39, 0.29) is 0 Å². The maximum atomic E-state index is 9.87. The fourth-order valence-corrected chi connectivity index (χ4v) is 8.90. The predicted octanol–water partition coefficient (Wildman–Crippen LogP) is 10.5. The molecule has 0 spiro atoms. The van der Waals surface area contributed by atoms with Crippen molar-refractivity contribution in [3.05, 3.63) is 103 Å². The molecule has 0 aromatic heterocycles. The fourth-order valence-electron chi connectivity index (χ4n) is 4.22. The number of hydrogen-bond acceptors (Lipinski definition) is 1. The molecule has 41 heavy (non-hydrogen) atoms. The van der Waals surface area contributed by atoms with Crippen LogP contribution >= 0.6 is 19.6 Å². The molecule has 222 valence electrons. The second-order valence-corrected chi connectivity index (χ2v) is 25.1. The first-order valence-corrected chi connectivity index (χ1v) is 23.0. The van der Waals surface area contributed by atoms with E-state index in [4.69, 9.17) is 0 Å². The van der Waals surface area contributed by atoms with Crippen molar-refractivity contribution in [3.63, 3.8) is 0 Å². The molecule has 0 radical (unpaired) electrons. The topological polar surface area (TPSA) is 0 Å². The molecule has 0 aliphatic heterocycles. The Kier molecular flexibility index (Phi) is 9.49. The molecule has 0 unspecified atom stereocenters. The molecule has 4 rings (SSSR count). The third-order valence-corrected chi connectivity index (χ3v) is 13.0. The van der Waals surface area contributed by atoms with Crippen LogP contribution in [-0.4, -0.2) is 16.1 Å². The Bertz CT molecular complexity index is 1440. The SMILES string of the molecule is C[Si](C)(C)c1ccc(Sc2ccc(C[Si](C)(C)c3ccc(-c4ccc([SH2+])cc4)cc3)cc2)cc1.F[P-](F)(F)(F)(F)F. The van der Waals surface area contributed by atoms with E-state index in [9.17, 15) is 25.2 Å². The average Bonchev–Trinajstić information content (AvgIpc) is 2.84. The van der Waals surface area contributed by atoms with Gasteiger partial charge in [-0.2, -0.15) is 0 Å². The van der Waals surface area contributed by atoms with E-state index in [0.717, 1.165) is 10.9 Å². The van der Waals surface area contributed by atoms with E-state index >= 15 is 0 Å². The van der Waals surface area contributed by atoms with Crippen LogP contribution in [0.3, 0.4) is 0 Å². The van der Waals surface area contributed by atoms with E-state index in [0.29, 0.717) is 0 Å². The monoisotopic (exact) mass is 660 g/mol. The van der Waals surface area contributed by atoms with Gasteiger partial charge in [0.05, 0.1) is 16.1 Å². The second kappa shape index (κ2) is 11.6. The Morgan fingerprint density at radius 3 is 1.34 bits per heavy atom. The van der Waals surface area contributed by atoms with Crippen molar-refractivity contribution in [1.82, 2.24) is 0 Å². The summed E-state index contributed by atoms with van der Waals surface area (Å²) in [5.41, 5.74) is 3.97. The van der Waals surface area contributed by atoms with Crippen molar-refractivity contribution in [2.24, 2.45) is 0 Å². The van der Waals surface area contributed by atoms with Gasteiger partial charge in [-0.05, 0) is 78.3 Å². The molecule has 4 aromatic carbocycles. The Hall–Kier alpha value is -1.98. The Labute approximate surface area is 250 Å². The molecule has 0 amide bonds. The van der Waals surface area contributed by atoms with Crippen LogP contribution in [0.4, 0.5) is 25.2 Å². The van der Waals surface area contributed by atoms with Crippen LogP contribution in [0, 0.1) is 0 Å². The minimum atomic E-state index is -10.7. The molecule has 0 bridgehead atoms. The summed E-state index contributed by atoms with van der Waals surface area (Å²) >= 11 is 5.43. The maximum absolute atomic E-state index is 10.7. The van der Waals surface area contributed by atoms with Gasteiger partial charge in [0, 0.05) is 9.79 Å². The van der Waals surface area contributed by atoms with Crippen LogP contribution in [0.1, 0.15) is 5.56 Å². The Morgan fingerprint density at radius 1 is 0.561 bits per heavy atom. The summed E-state index contributed by atoms with van der Waals surface area (Å²) in [6.07, 6.45) is 0. The molecule has 0 N–H and O–H groups in total.